The molecular weight excluding hydrogens is 428 g/mol. The molecule has 0 aliphatic rings. The number of hydrogen-bond donors (Lipinski definition) is 1. The summed E-state index contributed by atoms with van der Waals surface area (Å²) in [5.41, 5.74) is 6.40. The number of fused-ring (bicyclic) bond motifs is 1. The molecule has 0 fully saturated rings. The van der Waals surface area contributed by atoms with Gasteiger partial charge in [-0.15, -0.1) is 0 Å². The summed E-state index contributed by atoms with van der Waals surface area (Å²) in [4.78, 5) is 10.8. The fourth-order valence-electron chi connectivity index (χ4n) is 4.82. The van der Waals surface area contributed by atoms with Crippen molar-refractivity contribution in [3.05, 3.63) is 114 Å². The summed E-state index contributed by atoms with van der Waals surface area (Å²) >= 11 is 0. The molecule has 0 saturated carbocycles. The summed E-state index contributed by atoms with van der Waals surface area (Å²) in [6.07, 6.45) is 7.46. The van der Waals surface area contributed by atoms with Gasteiger partial charge in [0.25, 0.3) is 0 Å². The third-order valence-corrected chi connectivity index (χ3v) is 6.73. The van der Waals surface area contributed by atoms with Gasteiger partial charge in [-0.3, -0.25) is 4.90 Å². The molecule has 0 saturated heterocycles. The van der Waals surface area contributed by atoms with Crippen molar-refractivity contribution in [2.24, 2.45) is 0 Å². The van der Waals surface area contributed by atoms with Crippen molar-refractivity contribution < 1.29 is 0 Å². The molecule has 35 heavy (non-hydrogen) atoms. The normalized spacial score (nSPS) is 11.5. The standard InChI is InChI=1S/C31H34N4/c1-2-3-20-35-28(22-33-31(35)26-13-8-5-9-14-26)24-34(21-18-25-11-6-4-7-12-25)23-27-15-10-16-30-29(27)17-19-32-30/h4-17,19,22,32H,2-3,18,20-21,23-24H2,1H3. The summed E-state index contributed by atoms with van der Waals surface area (Å²) < 4.78 is 2.44. The minimum Gasteiger partial charge on any atom is -0.361 e. The molecule has 0 bridgehead atoms. The second-order valence-corrected chi connectivity index (χ2v) is 9.25. The maximum atomic E-state index is 4.89. The Hall–Kier alpha value is -3.63. The molecule has 0 aliphatic carbocycles. The third-order valence-electron chi connectivity index (χ3n) is 6.73. The molecule has 0 atom stereocenters. The number of unbranched alkanes of at least 4 members (excludes halogenated alkanes) is 1. The summed E-state index contributed by atoms with van der Waals surface area (Å²) in [5.74, 6) is 1.07. The predicted molar refractivity (Wildman–Crippen MR) is 145 cm³/mol. The third kappa shape index (κ3) is 5.55. The summed E-state index contributed by atoms with van der Waals surface area (Å²) in [7, 11) is 0. The maximum absolute atomic E-state index is 4.89. The lowest BCUT2D eigenvalue weighted by molar-refractivity contribution is 0.254. The van der Waals surface area contributed by atoms with E-state index >= 15 is 0 Å². The van der Waals surface area contributed by atoms with E-state index in [0.717, 1.165) is 44.8 Å². The first-order valence-corrected chi connectivity index (χ1v) is 12.7. The van der Waals surface area contributed by atoms with E-state index in [9.17, 15) is 0 Å². The van der Waals surface area contributed by atoms with Crippen LogP contribution in [0.25, 0.3) is 22.3 Å². The van der Waals surface area contributed by atoms with Crippen LogP contribution in [0, 0.1) is 0 Å². The average molecular weight is 463 g/mol. The van der Waals surface area contributed by atoms with Crippen LogP contribution in [0.1, 0.15) is 36.6 Å². The Morgan fingerprint density at radius 1 is 0.857 bits per heavy atom. The molecule has 2 heterocycles. The number of aromatic nitrogens is 3. The molecule has 0 spiro atoms. The molecular formula is C31H34N4. The largest absolute Gasteiger partial charge is 0.361 e. The van der Waals surface area contributed by atoms with Crippen LogP contribution in [0.4, 0.5) is 0 Å². The number of hydrogen-bond acceptors (Lipinski definition) is 2. The number of benzene rings is 3. The summed E-state index contributed by atoms with van der Waals surface area (Å²) in [6, 6.07) is 30.1. The Labute approximate surface area is 208 Å². The Balaban J connectivity index is 1.44. The van der Waals surface area contributed by atoms with Crippen LogP contribution in [0.15, 0.2) is 97.3 Å². The van der Waals surface area contributed by atoms with Gasteiger partial charge in [-0.2, -0.15) is 0 Å². The topological polar surface area (TPSA) is 36.9 Å². The van der Waals surface area contributed by atoms with Gasteiger partial charge >= 0.3 is 0 Å². The van der Waals surface area contributed by atoms with Crippen molar-refractivity contribution >= 4 is 10.9 Å². The van der Waals surface area contributed by atoms with Crippen molar-refractivity contribution in [3.8, 4) is 11.4 Å². The lowest BCUT2D eigenvalue weighted by Gasteiger charge is -2.24. The zero-order valence-electron chi connectivity index (χ0n) is 20.5. The first kappa shape index (κ1) is 23.1. The van der Waals surface area contributed by atoms with Crippen LogP contribution in [0.3, 0.4) is 0 Å². The number of nitrogens with one attached hydrogen (secondary N) is 1. The molecule has 0 radical (unpaired) electrons. The van der Waals surface area contributed by atoms with Crippen LogP contribution in [-0.2, 0) is 26.1 Å². The second kappa shape index (κ2) is 11.2. The molecule has 4 nitrogen and oxygen atoms in total. The fourth-order valence-corrected chi connectivity index (χ4v) is 4.82. The first-order valence-electron chi connectivity index (χ1n) is 12.7. The molecule has 0 unspecified atom stereocenters. The lowest BCUT2D eigenvalue weighted by atomic mass is 10.1. The zero-order chi connectivity index (χ0) is 23.9. The van der Waals surface area contributed by atoms with E-state index in [0.29, 0.717) is 0 Å². The number of rotatable bonds is 11. The highest BCUT2D eigenvalue weighted by molar-refractivity contribution is 5.82. The number of nitrogens with zero attached hydrogens (tertiary/aromatic N) is 3. The maximum Gasteiger partial charge on any atom is 0.140 e. The van der Waals surface area contributed by atoms with E-state index in [1.54, 1.807) is 0 Å². The van der Waals surface area contributed by atoms with E-state index < -0.39 is 0 Å². The highest BCUT2D eigenvalue weighted by Crippen LogP contribution is 2.24. The van der Waals surface area contributed by atoms with Gasteiger partial charge in [0, 0.05) is 48.8 Å². The SMILES string of the molecule is CCCCn1c(CN(CCc2ccccc2)Cc2cccc3[nH]ccc23)cnc1-c1ccccc1. The van der Waals surface area contributed by atoms with Crippen LogP contribution in [-0.4, -0.2) is 26.0 Å². The Morgan fingerprint density at radius 3 is 2.46 bits per heavy atom. The van der Waals surface area contributed by atoms with Crippen LogP contribution in [0.5, 0.6) is 0 Å². The van der Waals surface area contributed by atoms with Gasteiger partial charge < -0.3 is 9.55 Å². The van der Waals surface area contributed by atoms with Crippen LogP contribution < -0.4 is 0 Å². The summed E-state index contributed by atoms with van der Waals surface area (Å²) in [5, 5.41) is 1.31. The van der Waals surface area contributed by atoms with Crippen LogP contribution in [0.2, 0.25) is 0 Å². The van der Waals surface area contributed by atoms with Gasteiger partial charge in [0.2, 0.25) is 0 Å². The van der Waals surface area contributed by atoms with Crippen LogP contribution >= 0.6 is 0 Å². The van der Waals surface area contributed by atoms with Gasteiger partial charge in [-0.05, 0) is 36.1 Å². The lowest BCUT2D eigenvalue weighted by Crippen LogP contribution is -2.27. The molecule has 2 aromatic heterocycles. The number of imidazole rings is 1. The molecule has 5 aromatic rings. The Morgan fingerprint density at radius 2 is 1.66 bits per heavy atom. The summed E-state index contributed by atoms with van der Waals surface area (Å²) in [6.45, 7) is 6.02. The van der Waals surface area contributed by atoms with Crippen molar-refractivity contribution in [2.45, 2.75) is 45.8 Å². The quantitative estimate of drug-likeness (QED) is 0.228. The molecule has 178 valence electrons. The molecule has 4 heteroatoms. The van der Waals surface area contributed by atoms with Crippen molar-refractivity contribution in [1.29, 1.82) is 0 Å². The zero-order valence-corrected chi connectivity index (χ0v) is 20.5. The van der Waals surface area contributed by atoms with Gasteiger partial charge in [-0.1, -0.05) is 86.1 Å². The minimum atomic E-state index is 0.872. The minimum absolute atomic E-state index is 0.872. The van der Waals surface area contributed by atoms with Gasteiger partial charge in [0.15, 0.2) is 0 Å². The van der Waals surface area contributed by atoms with E-state index in [4.69, 9.17) is 4.98 Å². The number of aromatic amines is 1. The predicted octanol–water partition coefficient (Wildman–Crippen LogP) is 7.08. The number of H-pyrrole nitrogens is 1. The van der Waals surface area contributed by atoms with Crippen molar-refractivity contribution in [3.63, 3.8) is 0 Å². The van der Waals surface area contributed by atoms with Gasteiger partial charge in [-0.25, -0.2) is 4.98 Å². The highest BCUT2D eigenvalue weighted by atomic mass is 15.2. The van der Waals surface area contributed by atoms with Crippen molar-refractivity contribution in [2.75, 3.05) is 6.54 Å². The Bertz CT molecular complexity index is 1330. The van der Waals surface area contributed by atoms with E-state index in [-0.39, 0.29) is 0 Å². The smallest absolute Gasteiger partial charge is 0.140 e. The molecule has 3 aromatic carbocycles. The highest BCUT2D eigenvalue weighted by Gasteiger charge is 2.16. The first-order chi connectivity index (χ1) is 17.3. The fraction of sp³-hybridized carbons (Fsp3) is 0.258. The molecule has 0 amide bonds. The Kier molecular flexibility index (Phi) is 7.40. The molecule has 5 rings (SSSR count). The van der Waals surface area contributed by atoms with Crippen molar-refractivity contribution in [1.82, 2.24) is 19.4 Å². The molecule has 0 aliphatic heterocycles. The molecule has 1 N–H and O–H groups in total. The van der Waals surface area contributed by atoms with E-state index in [1.807, 2.05) is 6.20 Å². The van der Waals surface area contributed by atoms with E-state index in [1.165, 1.54) is 39.7 Å². The second-order valence-electron chi connectivity index (χ2n) is 9.25. The van der Waals surface area contributed by atoms with E-state index in [2.05, 4.69) is 113 Å². The average Bonchev–Trinajstić information content (AvgIpc) is 3.55. The van der Waals surface area contributed by atoms with Gasteiger partial charge in [0.05, 0.1) is 11.9 Å². The monoisotopic (exact) mass is 462 g/mol. The van der Waals surface area contributed by atoms with Gasteiger partial charge in [0.1, 0.15) is 5.82 Å².